The van der Waals surface area contributed by atoms with Crippen molar-refractivity contribution in [2.75, 3.05) is 13.7 Å². The number of hydrogen-bond donors (Lipinski definition) is 0. The Balaban J connectivity index is 1.34. The molecule has 0 N–H and O–H groups in total. The molecule has 0 spiro atoms. The van der Waals surface area contributed by atoms with Gasteiger partial charge in [0, 0.05) is 5.56 Å². The van der Waals surface area contributed by atoms with Crippen molar-refractivity contribution in [2.24, 2.45) is 0 Å². The third-order valence-corrected chi connectivity index (χ3v) is 5.14. The predicted octanol–water partition coefficient (Wildman–Crippen LogP) is 3.67. The molecule has 0 amide bonds. The average Bonchev–Trinajstić information content (AvgIpc) is 3.46. The monoisotopic (exact) mass is 419 g/mol. The molecule has 158 valence electrons. The summed E-state index contributed by atoms with van der Waals surface area (Å²) in [5, 5.41) is 12.6. The minimum Gasteiger partial charge on any atom is -0.497 e. The fourth-order valence-corrected chi connectivity index (χ4v) is 3.50. The zero-order valence-corrected chi connectivity index (χ0v) is 17.2. The molecule has 0 fully saturated rings. The van der Waals surface area contributed by atoms with Gasteiger partial charge in [-0.15, -0.1) is 5.10 Å². The van der Waals surface area contributed by atoms with Crippen LogP contribution in [-0.2, 0) is 17.9 Å². The van der Waals surface area contributed by atoms with Crippen molar-refractivity contribution in [1.82, 2.24) is 25.1 Å². The number of methoxy groups -OCH3 is 1. The van der Waals surface area contributed by atoms with Crippen molar-refractivity contribution in [1.29, 1.82) is 0 Å². The number of rotatable bonds is 6. The van der Waals surface area contributed by atoms with Gasteiger partial charge in [-0.1, -0.05) is 22.5 Å². The first-order valence-electron chi connectivity index (χ1n) is 10.0. The Kier molecular flexibility index (Phi) is 5.09. The predicted molar refractivity (Wildman–Crippen MR) is 110 cm³/mol. The molecule has 4 aromatic rings. The Hall–Kier alpha value is -3.72. The fourth-order valence-electron chi connectivity index (χ4n) is 3.50. The van der Waals surface area contributed by atoms with Crippen LogP contribution < -0.4 is 9.47 Å². The van der Waals surface area contributed by atoms with Gasteiger partial charge in [-0.05, 0) is 48.9 Å². The minimum atomic E-state index is -0.115. The van der Waals surface area contributed by atoms with E-state index in [1.807, 2.05) is 60.1 Å². The Bertz CT molecular complexity index is 1170. The van der Waals surface area contributed by atoms with Crippen molar-refractivity contribution in [2.45, 2.75) is 26.2 Å². The molecule has 3 heterocycles. The quantitative estimate of drug-likeness (QED) is 0.467. The fraction of sp³-hybridized carbons (Fsp3) is 0.273. The van der Waals surface area contributed by atoms with Gasteiger partial charge < -0.3 is 18.7 Å². The van der Waals surface area contributed by atoms with E-state index in [2.05, 4.69) is 20.5 Å². The Morgan fingerprint density at radius 2 is 1.84 bits per heavy atom. The van der Waals surface area contributed by atoms with Crippen LogP contribution in [0.25, 0.3) is 23.0 Å². The summed E-state index contributed by atoms with van der Waals surface area (Å²) in [6.45, 7) is 3.50. The van der Waals surface area contributed by atoms with E-state index in [1.54, 1.807) is 7.11 Å². The second-order valence-electron chi connectivity index (χ2n) is 7.02. The molecule has 0 saturated heterocycles. The molecule has 1 aliphatic heterocycles. The van der Waals surface area contributed by atoms with Crippen LogP contribution >= 0.6 is 0 Å². The molecule has 0 saturated carbocycles. The maximum Gasteiger partial charge on any atom is 0.280 e. The molecule has 9 heteroatoms. The van der Waals surface area contributed by atoms with Gasteiger partial charge in [0.1, 0.15) is 17.6 Å². The lowest BCUT2D eigenvalue weighted by atomic mass is 10.1. The summed E-state index contributed by atoms with van der Waals surface area (Å²) in [4.78, 5) is 4.49. The van der Waals surface area contributed by atoms with Gasteiger partial charge in [-0.2, -0.15) is 4.98 Å². The lowest BCUT2D eigenvalue weighted by molar-refractivity contribution is -0.00119. The summed E-state index contributed by atoms with van der Waals surface area (Å²) in [6.07, 6.45) is -0.115. The van der Waals surface area contributed by atoms with E-state index < -0.39 is 0 Å². The molecule has 9 nitrogen and oxygen atoms in total. The van der Waals surface area contributed by atoms with Crippen molar-refractivity contribution < 1.29 is 18.7 Å². The van der Waals surface area contributed by atoms with Gasteiger partial charge in [-0.3, -0.25) is 0 Å². The van der Waals surface area contributed by atoms with Crippen molar-refractivity contribution >= 4 is 0 Å². The van der Waals surface area contributed by atoms with E-state index in [-0.39, 0.29) is 6.10 Å². The van der Waals surface area contributed by atoms with Gasteiger partial charge in [0.25, 0.3) is 5.89 Å². The van der Waals surface area contributed by atoms with Crippen LogP contribution in [0, 0.1) is 0 Å². The number of hydrogen-bond acceptors (Lipinski definition) is 8. The topological polar surface area (TPSA) is 97.3 Å². The number of benzene rings is 2. The average molecular weight is 419 g/mol. The number of fused-ring (bicyclic) bond motifs is 1. The summed E-state index contributed by atoms with van der Waals surface area (Å²) in [5.74, 6) is 2.40. The standard InChI is InChI=1S/C22H21N5O4/c1-3-29-17-10-4-14(5-11-17)19-12-27-18(13-30-19)20(24-26-27)22-23-21(25-31-22)15-6-8-16(28-2)9-7-15/h4-11,19H,3,12-13H2,1-2H3/t19-/m0/s1. The summed E-state index contributed by atoms with van der Waals surface area (Å²) < 4.78 is 24.1. The first kappa shape index (κ1) is 19.3. The van der Waals surface area contributed by atoms with Crippen molar-refractivity contribution in [3.8, 4) is 34.5 Å². The van der Waals surface area contributed by atoms with E-state index in [1.165, 1.54) is 0 Å². The van der Waals surface area contributed by atoms with Crippen molar-refractivity contribution in [3.05, 3.63) is 59.8 Å². The molecule has 2 aromatic heterocycles. The molecule has 2 aromatic carbocycles. The van der Waals surface area contributed by atoms with Crippen LogP contribution in [0.1, 0.15) is 24.3 Å². The highest BCUT2D eigenvalue weighted by molar-refractivity contribution is 5.59. The molecule has 1 aliphatic rings. The molecule has 0 unspecified atom stereocenters. The van der Waals surface area contributed by atoms with Gasteiger partial charge in [0.05, 0.1) is 32.6 Å². The van der Waals surface area contributed by atoms with E-state index in [0.29, 0.717) is 37.2 Å². The van der Waals surface area contributed by atoms with Crippen LogP contribution in [0.2, 0.25) is 0 Å². The zero-order valence-electron chi connectivity index (χ0n) is 17.2. The van der Waals surface area contributed by atoms with Crippen LogP contribution in [0.3, 0.4) is 0 Å². The van der Waals surface area contributed by atoms with Gasteiger partial charge in [-0.25, -0.2) is 4.68 Å². The molecular weight excluding hydrogens is 398 g/mol. The van der Waals surface area contributed by atoms with Gasteiger partial charge in [0.2, 0.25) is 5.82 Å². The Morgan fingerprint density at radius 1 is 1.06 bits per heavy atom. The van der Waals surface area contributed by atoms with Gasteiger partial charge in [0.15, 0.2) is 5.69 Å². The normalized spacial score (nSPS) is 15.5. The minimum absolute atomic E-state index is 0.115. The number of nitrogens with zero attached hydrogens (tertiary/aromatic N) is 5. The molecule has 0 radical (unpaired) electrons. The van der Waals surface area contributed by atoms with Crippen LogP contribution in [0.5, 0.6) is 11.5 Å². The second kappa shape index (κ2) is 8.19. The van der Waals surface area contributed by atoms with E-state index in [0.717, 1.165) is 28.3 Å². The molecule has 31 heavy (non-hydrogen) atoms. The highest BCUT2D eigenvalue weighted by Gasteiger charge is 2.28. The first-order chi connectivity index (χ1) is 15.2. The summed E-state index contributed by atoms with van der Waals surface area (Å²) in [7, 11) is 1.62. The summed E-state index contributed by atoms with van der Waals surface area (Å²) >= 11 is 0. The molecule has 0 bridgehead atoms. The SMILES string of the molecule is CCOc1ccc([C@@H]2Cn3nnc(-c4nc(-c5ccc(OC)cc5)no4)c3CO2)cc1. The second-order valence-corrected chi connectivity index (χ2v) is 7.02. The lowest BCUT2D eigenvalue weighted by Gasteiger charge is -2.24. The third-order valence-electron chi connectivity index (χ3n) is 5.14. The van der Waals surface area contributed by atoms with Crippen LogP contribution in [0.15, 0.2) is 53.1 Å². The largest absolute Gasteiger partial charge is 0.497 e. The number of aromatic nitrogens is 5. The Morgan fingerprint density at radius 3 is 2.58 bits per heavy atom. The van der Waals surface area contributed by atoms with Crippen molar-refractivity contribution in [3.63, 3.8) is 0 Å². The summed E-state index contributed by atoms with van der Waals surface area (Å²) in [5.41, 5.74) is 3.24. The zero-order chi connectivity index (χ0) is 21.2. The summed E-state index contributed by atoms with van der Waals surface area (Å²) in [6, 6.07) is 15.4. The van der Waals surface area contributed by atoms with Crippen LogP contribution in [0.4, 0.5) is 0 Å². The highest BCUT2D eigenvalue weighted by atomic mass is 16.5. The first-order valence-corrected chi connectivity index (χ1v) is 10.0. The highest BCUT2D eigenvalue weighted by Crippen LogP contribution is 2.31. The number of ether oxygens (including phenoxy) is 3. The molecule has 5 rings (SSSR count). The molecule has 1 atom stereocenters. The van der Waals surface area contributed by atoms with E-state index in [4.69, 9.17) is 18.7 Å². The van der Waals surface area contributed by atoms with Crippen LogP contribution in [-0.4, -0.2) is 38.9 Å². The third kappa shape index (κ3) is 3.75. The lowest BCUT2D eigenvalue weighted by Crippen LogP contribution is -2.22. The smallest absolute Gasteiger partial charge is 0.280 e. The van der Waals surface area contributed by atoms with Gasteiger partial charge >= 0.3 is 0 Å². The van der Waals surface area contributed by atoms with E-state index in [9.17, 15) is 0 Å². The maximum absolute atomic E-state index is 6.08. The Labute approximate surface area is 178 Å². The molecular formula is C22H21N5O4. The maximum atomic E-state index is 6.08. The van der Waals surface area contributed by atoms with E-state index >= 15 is 0 Å². The molecule has 0 aliphatic carbocycles.